The Morgan fingerprint density at radius 1 is 1.32 bits per heavy atom. The fourth-order valence-corrected chi connectivity index (χ4v) is 4.19. The highest BCUT2D eigenvalue weighted by Gasteiger charge is 2.66. The highest BCUT2D eigenvalue weighted by Crippen LogP contribution is 2.50. The molecular weight excluding hydrogens is 420 g/mol. The number of alkyl halides is 2. The third-order valence-corrected chi connectivity index (χ3v) is 6.78. The number of nitrogens with one attached hydrogen (secondary N) is 1. The molecule has 4 N–H and O–H groups in total. The molecule has 3 fully saturated rings. The summed E-state index contributed by atoms with van der Waals surface area (Å²) < 4.78 is 51.6. The topological polar surface area (TPSA) is 127 Å². The van der Waals surface area contributed by atoms with Crippen LogP contribution in [0, 0.1) is 11.3 Å². The molecule has 178 valence electrons. The summed E-state index contributed by atoms with van der Waals surface area (Å²) in [7, 11) is 0. The first-order chi connectivity index (χ1) is 14.3. The predicted molar refractivity (Wildman–Crippen MR) is 102 cm³/mol. The number of amides is 1. The van der Waals surface area contributed by atoms with Crippen LogP contribution in [-0.4, -0.2) is 83.1 Å². The zero-order chi connectivity index (χ0) is 23.4. The van der Waals surface area contributed by atoms with E-state index in [1.54, 1.807) is 6.92 Å². The molecule has 0 aromatic heterocycles. The van der Waals surface area contributed by atoms with Crippen molar-refractivity contribution in [2.45, 2.75) is 82.6 Å². The molecule has 9 nitrogen and oxygen atoms in total. The minimum absolute atomic E-state index is 0.0910. The molecule has 8 atom stereocenters. The standard InChI is InChI=1S/C20H31F2NO8/c1-9-6-19(27,31-11(3)10(9)2)14(25)16(26)23-17-13-15(28-8-29-17)20(21,22)18(4,5)12(7-24)30-13/h10-15,17,24-25,27H,1,6-8H2,2-5H3,(H,23,26)/t10-,11-,12?,13+,14?,15+,17?,19-/m1/s1. The first-order valence-electron chi connectivity index (χ1n) is 10.2. The largest absolute Gasteiger partial charge is 0.394 e. The lowest BCUT2D eigenvalue weighted by atomic mass is 9.73. The van der Waals surface area contributed by atoms with Crippen LogP contribution in [0.1, 0.15) is 34.1 Å². The van der Waals surface area contributed by atoms with E-state index in [1.165, 1.54) is 13.8 Å². The van der Waals surface area contributed by atoms with Crippen LogP contribution >= 0.6 is 0 Å². The third-order valence-electron chi connectivity index (χ3n) is 6.78. The van der Waals surface area contributed by atoms with E-state index in [4.69, 9.17) is 18.9 Å². The minimum Gasteiger partial charge on any atom is -0.394 e. The average Bonchev–Trinajstić information content (AvgIpc) is 2.68. The first-order valence-corrected chi connectivity index (χ1v) is 10.2. The molecule has 0 aromatic carbocycles. The molecule has 0 aliphatic carbocycles. The number of carbonyl (C=O) groups excluding carboxylic acids is 1. The molecule has 0 bridgehead atoms. The van der Waals surface area contributed by atoms with E-state index in [0.717, 1.165) is 0 Å². The smallest absolute Gasteiger partial charge is 0.284 e. The Hall–Kier alpha value is -1.21. The van der Waals surface area contributed by atoms with Gasteiger partial charge in [-0.25, -0.2) is 8.78 Å². The van der Waals surface area contributed by atoms with Gasteiger partial charge in [0.2, 0.25) is 5.79 Å². The molecule has 3 aliphatic rings. The molecule has 1 amide bonds. The number of ether oxygens (including phenoxy) is 4. The minimum atomic E-state index is -3.41. The number of carbonyl (C=O) groups is 1. The molecular formula is C20H31F2NO8. The molecule has 0 spiro atoms. The Kier molecular flexibility index (Phi) is 6.53. The molecule has 3 unspecified atom stereocenters. The lowest BCUT2D eigenvalue weighted by Crippen LogP contribution is -2.71. The Balaban J connectivity index is 1.76. The molecule has 3 aliphatic heterocycles. The maximum absolute atomic E-state index is 15.1. The monoisotopic (exact) mass is 451 g/mol. The van der Waals surface area contributed by atoms with Crippen LogP contribution in [0.15, 0.2) is 12.2 Å². The van der Waals surface area contributed by atoms with Crippen molar-refractivity contribution < 1.29 is 47.8 Å². The molecule has 11 heteroatoms. The van der Waals surface area contributed by atoms with Gasteiger partial charge in [0.1, 0.15) is 12.9 Å². The van der Waals surface area contributed by atoms with E-state index in [0.29, 0.717) is 5.57 Å². The quantitative estimate of drug-likeness (QED) is 0.449. The first kappa shape index (κ1) is 24.4. The van der Waals surface area contributed by atoms with Crippen LogP contribution in [0.2, 0.25) is 0 Å². The fraction of sp³-hybridized carbons (Fsp3) is 0.850. The summed E-state index contributed by atoms with van der Waals surface area (Å²) in [5.41, 5.74) is -1.15. The molecule has 3 saturated heterocycles. The van der Waals surface area contributed by atoms with Crippen molar-refractivity contribution in [3.63, 3.8) is 0 Å². The summed E-state index contributed by atoms with van der Waals surface area (Å²) in [6, 6.07) is 0. The van der Waals surface area contributed by atoms with Gasteiger partial charge in [-0.05, 0) is 6.92 Å². The van der Waals surface area contributed by atoms with Gasteiger partial charge in [-0.15, -0.1) is 0 Å². The Bertz CT molecular complexity index is 719. The zero-order valence-corrected chi connectivity index (χ0v) is 18.0. The maximum atomic E-state index is 15.1. The third kappa shape index (κ3) is 4.01. The van der Waals surface area contributed by atoms with Crippen molar-refractivity contribution in [3.05, 3.63) is 12.2 Å². The summed E-state index contributed by atoms with van der Waals surface area (Å²) in [5, 5.41) is 33.1. The van der Waals surface area contributed by atoms with Gasteiger partial charge in [0.15, 0.2) is 18.4 Å². The SMILES string of the molecule is C=C1C[C@](O)(C(O)C(=O)NC2OCO[C@H]3[C@@H]2OC(CO)C(C)(C)C3(F)F)O[C@H](C)[C@@H]1C. The lowest BCUT2D eigenvalue weighted by molar-refractivity contribution is -0.372. The van der Waals surface area contributed by atoms with Crippen molar-refractivity contribution in [1.29, 1.82) is 0 Å². The summed E-state index contributed by atoms with van der Waals surface area (Å²) in [5.74, 6) is -6.83. The zero-order valence-electron chi connectivity index (χ0n) is 18.0. The van der Waals surface area contributed by atoms with Crippen LogP contribution in [0.3, 0.4) is 0 Å². The van der Waals surface area contributed by atoms with Gasteiger partial charge < -0.3 is 39.6 Å². The van der Waals surface area contributed by atoms with E-state index >= 15 is 8.78 Å². The number of halogens is 2. The normalized spacial score (nSPS) is 43.1. The number of aliphatic hydroxyl groups excluding tert-OH is 2. The lowest BCUT2D eigenvalue weighted by Gasteiger charge is -2.53. The highest BCUT2D eigenvalue weighted by molar-refractivity contribution is 5.82. The van der Waals surface area contributed by atoms with E-state index in [-0.39, 0.29) is 12.3 Å². The van der Waals surface area contributed by atoms with E-state index in [2.05, 4.69) is 11.9 Å². The summed E-state index contributed by atoms with van der Waals surface area (Å²) >= 11 is 0. The summed E-state index contributed by atoms with van der Waals surface area (Å²) in [6.45, 7) is 8.64. The maximum Gasteiger partial charge on any atom is 0.284 e. The predicted octanol–water partition coefficient (Wildman–Crippen LogP) is 0.273. The van der Waals surface area contributed by atoms with Crippen molar-refractivity contribution in [2.75, 3.05) is 13.4 Å². The Morgan fingerprint density at radius 2 is 1.97 bits per heavy atom. The molecule has 3 heterocycles. The van der Waals surface area contributed by atoms with Crippen molar-refractivity contribution >= 4 is 5.91 Å². The Labute approximate surface area is 179 Å². The average molecular weight is 451 g/mol. The van der Waals surface area contributed by atoms with Crippen LogP contribution in [-0.2, 0) is 23.7 Å². The van der Waals surface area contributed by atoms with Gasteiger partial charge in [0.05, 0.1) is 24.2 Å². The molecule has 0 radical (unpaired) electrons. The van der Waals surface area contributed by atoms with Gasteiger partial charge in [0.25, 0.3) is 11.8 Å². The van der Waals surface area contributed by atoms with Crippen molar-refractivity contribution in [3.8, 4) is 0 Å². The number of hydrogen-bond acceptors (Lipinski definition) is 8. The number of hydrogen-bond donors (Lipinski definition) is 4. The molecule has 3 rings (SSSR count). The van der Waals surface area contributed by atoms with Crippen LogP contribution in [0.4, 0.5) is 8.78 Å². The number of rotatable bonds is 4. The molecule has 31 heavy (non-hydrogen) atoms. The van der Waals surface area contributed by atoms with Crippen molar-refractivity contribution in [1.82, 2.24) is 5.32 Å². The van der Waals surface area contributed by atoms with Gasteiger partial charge in [0, 0.05) is 12.3 Å². The fourth-order valence-electron chi connectivity index (χ4n) is 4.19. The molecule has 0 aromatic rings. The number of aliphatic hydroxyl groups is 3. The highest BCUT2D eigenvalue weighted by atomic mass is 19.3. The van der Waals surface area contributed by atoms with Gasteiger partial charge >= 0.3 is 0 Å². The van der Waals surface area contributed by atoms with E-state index in [1.807, 2.05) is 6.92 Å². The van der Waals surface area contributed by atoms with Crippen molar-refractivity contribution in [2.24, 2.45) is 11.3 Å². The molecule has 0 saturated carbocycles. The van der Waals surface area contributed by atoms with Gasteiger partial charge in [-0.2, -0.15) is 0 Å². The van der Waals surface area contributed by atoms with Crippen LogP contribution < -0.4 is 5.32 Å². The van der Waals surface area contributed by atoms with Crippen LogP contribution in [0.25, 0.3) is 0 Å². The second-order valence-corrected chi connectivity index (χ2v) is 9.11. The summed E-state index contributed by atoms with van der Waals surface area (Å²) in [6.07, 6.45) is -8.61. The van der Waals surface area contributed by atoms with Gasteiger partial charge in [-0.3, -0.25) is 4.79 Å². The second kappa shape index (κ2) is 8.29. The summed E-state index contributed by atoms with van der Waals surface area (Å²) in [4.78, 5) is 12.7. The van der Waals surface area contributed by atoms with E-state index < -0.39 is 73.2 Å². The number of fused-ring (bicyclic) bond motifs is 1. The van der Waals surface area contributed by atoms with E-state index in [9.17, 15) is 20.1 Å². The van der Waals surface area contributed by atoms with Gasteiger partial charge in [-0.1, -0.05) is 32.9 Å². The Morgan fingerprint density at radius 3 is 2.55 bits per heavy atom. The second-order valence-electron chi connectivity index (χ2n) is 9.11. The van der Waals surface area contributed by atoms with Crippen LogP contribution in [0.5, 0.6) is 0 Å².